The van der Waals surface area contributed by atoms with E-state index in [4.69, 9.17) is 16.0 Å². The summed E-state index contributed by atoms with van der Waals surface area (Å²) in [6.45, 7) is 2.35. The topological polar surface area (TPSA) is 71.3 Å². The van der Waals surface area contributed by atoms with Crippen LogP contribution in [-0.2, 0) is 11.2 Å². The Morgan fingerprint density at radius 1 is 1.59 bits per heavy atom. The van der Waals surface area contributed by atoms with Crippen molar-refractivity contribution < 1.29 is 9.21 Å². The van der Waals surface area contributed by atoms with E-state index in [1.165, 1.54) is 0 Å². The van der Waals surface area contributed by atoms with Crippen LogP contribution >= 0.6 is 11.6 Å². The van der Waals surface area contributed by atoms with Crippen molar-refractivity contribution in [3.8, 4) is 0 Å². The lowest BCUT2D eigenvalue weighted by Crippen LogP contribution is -2.34. The van der Waals surface area contributed by atoms with E-state index in [0.29, 0.717) is 30.8 Å². The molecule has 6 nitrogen and oxygen atoms in total. The molecule has 0 spiro atoms. The molecule has 0 aliphatic carbocycles. The molecule has 96 valence electrons. The summed E-state index contributed by atoms with van der Waals surface area (Å²) in [6.07, 6.45) is 0.549. The molecule has 17 heavy (non-hydrogen) atoms. The number of rotatable bonds is 6. The molecule has 0 aliphatic rings. The highest BCUT2D eigenvalue weighted by atomic mass is 35.5. The number of carbonyl (C=O) groups is 1. The number of nitrogens with zero attached hydrogens (tertiary/aromatic N) is 3. The van der Waals surface area contributed by atoms with E-state index in [1.54, 1.807) is 19.0 Å². The van der Waals surface area contributed by atoms with Gasteiger partial charge in [-0.2, -0.15) is 0 Å². The van der Waals surface area contributed by atoms with Gasteiger partial charge >= 0.3 is 6.01 Å². The molecule has 1 unspecified atom stereocenters. The summed E-state index contributed by atoms with van der Waals surface area (Å²) in [5, 5.41) is 10.3. The Kier molecular flexibility index (Phi) is 5.21. The van der Waals surface area contributed by atoms with Crippen molar-refractivity contribution in [2.45, 2.75) is 13.3 Å². The molecule has 0 radical (unpaired) electrons. The number of amides is 1. The minimum Gasteiger partial charge on any atom is -0.408 e. The van der Waals surface area contributed by atoms with Gasteiger partial charge in [-0.05, 0) is 0 Å². The molecular formula is C10H17ClN4O2. The lowest BCUT2D eigenvalue weighted by atomic mass is 10.1. The maximum atomic E-state index is 11.4. The van der Waals surface area contributed by atoms with Gasteiger partial charge in [-0.25, -0.2) is 0 Å². The minimum atomic E-state index is -0.145. The number of carbonyl (C=O) groups excluding carboxylic acids is 1. The van der Waals surface area contributed by atoms with E-state index in [1.807, 2.05) is 6.92 Å². The standard InChI is InChI=1S/C10H17ClN4O2/c1-7(9(16)12-2)6-15(3)10-14-13-8(17-10)4-5-11/h7H,4-6H2,1-3H3,(H,12,16). The Morgan fingerprint density at radius 3 is 2.88 bits per heavy atom. The average Bonchev–Trinajstić information content (AvgIpc) is 2.77. The van der Waals surface area contributed by atoms with Crippen LogP contribution in [0.3, 0.4) is 0 Å². The lowest BCUT2D eigenvalue weighted by Gasteiger charge is -2.17. The molecule has 7 heteroatoms. The van der Waals surface area contributed by atoms with Crippen LogP contribution in [0.15, 0.2) is 4.42 Å². The van der Waals surface area contributed by atoms with Gasteiger partial charge in [0.05, 0.1) is 5.92 Å². The number of hydrogen-bond donors (Lipinski definition) is 1. The number of halogens is 1. The second kappa shape index (κ2) is 6.44. The van der Waals surface area contributed by atoms with Crippen molar-refractivity contribution in [1.29, 1.82) is 0 Å². The van der Waals surface area contributed by atoms with Crippen LogP contribution in [0.5, 0.6) is 0 Å². The van der Waals surface area contributed by atoms with Crippen LogP contribution in [0.4, 0.5) is 6.01 Å². The molecule has 0 aliphatic heterocycles. The second-order valence-corrected chi connectivity index (χ2v) is 4.19. The first-order valence-corrected chi connectivity index (χ1v) is 5.93. The zero-order chi connectivity index (χ0) is 12.8. The van der Waals surface area contributed by atoms with E-state index in [0.717, 1.165) is 0 Å². The maximum absolute atomic E-state index is 11.4. The van der Waals surface area contributed by atoms with Crippen molar-refractivity contribution >= 4 is 23.5 Å². The van der Waals surface area contributed by atoms with Gasteiger partial charge in [-0.1, -0.05) is 12.0 Å². The maximum Gasteiger partial charge on any atom is 0.317 e. The summed E-state index contributed by atoms with van der Waals surface area (Å²) in [6, 6.07) is 0.404. The van der Waals surface area contributed by atoms with Crippen molar-refractivity contribution in [2.24, 2.45) is 5.92 Å². The third-order valence-corrected chi connectivity index (χ3v) is 2.52. The van der Waals surface area contributed by atoms with E-state index in [2.05, 4.69) is 15.5 Å². The molecule has 0 fully saturated rings. The summed E-state index contributed by atoms with van der Waals surface area (Å²) < 4.78 is 5.39. The fraction of sp³-hybridized carbons (Fsp3) is 0.700. The first-order chi connectivity index (χ1) is 8.08. The average molecular weight is 261 g/mol. The Morgan fingerprint density at radius 2 is 2.29 bits per heavy atom. The zero-order valence-corrected chi connectivity index (χ0v) is 11.0. The van der Waals surface area contributed by atoms with Gasteiger partial charge < -0.3 is 14.6 Å². The monoisotopic (exact) mass is 260 g/mol. The molecule has 1 N–H and O–H groups in total. The molecular weight excluding hydrogens is 244 g/mol. The highest BCUT2D eigenvalue weighted by molar-refractivity contribution is 6.17. The van der Waals surface area contributed by atoms with Gasteiger partial charge in [-0.15, -0.1) is 16.7 Å². The molecule has 1 heterocycles. The van der Waals surface area contributed by atoms with Gasteiger partial charge in [0.15, 0.2) is 0 Å². The minimum absolute atomic E-state index is 0.0163. The largest absolute Gasteiger partial charge is 0.408 e. The Bertz CT molecular complexity index is 369. The summed E-state index contributed by atoms with van der Waals surface area (Å²) >= 11 is 5.58. The van der Waals surface area contributed by atoms with Crippen LogP contribution in [0, 0.1) is 5.92 Å². The van der Waals surface area contributed by atoms with Gasteiger partial charge in [0.25, 0.3) is 0 Å². The molecule has 0 saturated heterocycles. The SMILES string of the molecule is CNC(=O)C(C)CN(C)c1nnc(CCCl)o1. The summed E-state index contributed by atoms with van der Waals surface area (Å²) in [5.41, 5.74) is 0. The molecule has 1 aromatic rings. The number of alkyl halides is 1. The first kappa shape index (κ1) is 13.8. The number of aromatic nitrogens is 2. The van der Waals surface area contributed by atoms with Crippen LogP contribution in [0.25, 0.3) is 0 Å². The van der Waals surface area contributed by atoms with Crippen molar-refractivity contribution in [3.05, 3.63) is 5.89 Å². The van der Waals surface area contributed by atoms with Gasteiger partial charge in [0.1, 0.15) is 0 Å². The van der Waals surface area contributed by atoms with E-state index in [9.17, 15) is 4.79 Å². The molecule has 0 saturated carbocycles. The predicted molar refractivity (Wildman–Crippen MR) is 65.2 cm³/mol. The number of aryl methyl sites for hydroxylation is 1. The number of hydrogen-bond acceptors (Lipinski definition) is 5. The van der Waals surface area contributed by atoms with Gasteiger partial charge in [-0.3, -0.25) is 4.79 Å². The summed E-state index contributed by atoms with van der Waals surface area (Å²) in [5.74, 6) is 0.792. The molecule has 0 bridgehead atoms. The predicted octanol–water partition coefficient (Wildman–Crippen LogP) is 0.669. The van der Waals surface area contributed by atoms with Crippen molar-refractivity contribution in [2.75, 3.05) is 31.4 Å². The first-order valence-electron chi connectivity index (χ1n) is 5.39. The van der Waals surface area contributed by atoms with Crippen molar-refractivity contribution in [1.82, 2.24) is 15.5 Å². The quantitative estimate of drug-likeness (QED) is 0.761. The fourth-order valence-corrected chi connectivity index (χ4v) is 1.56. The zero-order valence-electron chi connectivity index (χ0n) is 10.2. The normalized spacial score (nSPS) is 12.2. The van der Waals surface area contributed by atoms with E-state index < -0.39 is 0 Å². The van der Waals surface area contributed by atoms with E-state index >= 15 is 0 Å². The third-order valence-electron chi connectivity index (χ3n) is 2.33. The van der Waals surface area contributed by atoms with E-state index in [-0.39, 0.29) is 11.8 Å². The van der Waals surface area contributed by atoms with Crippen LogP contribution in [-0.4, -0.2) is 42.6 Å². The number of anilines is 1. The molecule has 1 rings (SSSR count). The number of nitrogens with one attached hydrogen (secondary N) is 1. The molecule has 1 aromatic heterocycles. The smallest absolute Gasteiger partial charge is 0.317 e. The highest BCUT2D eigenvalue weighted by Crippen LogP contribution is 2.12. The molecule has 0 aromatic carbocycles. The fourth-order valence-electron chi connectivity index (χ4n) is 1.40. The lowest BCUT2D eigenvalue weighted by molar-refractivity contribution is -0.123. The Hall–Kier alpha value is -1.30. The highest BCUT2D eigenvalue weighted by Gasteiger charge is 2.17. The Labute approximate surface area is 105 Å². The molecule has 1 atom stereocenters. The van der Waals surface area contributed by atoms with Crippen LogP contribution in [0.1, 0.15) is 12.8 Å². The second-order valence-electron chi connectivity index (χ2n) is 3.81. The Balaban J connectivity index is 2.56. The summed E-state index contributed by atoms with van der Waals surface area (Å²) in [4.78, 5) is 13.1. The summed E-state index contributed by atoms with van der Waals surface area (Å²) in [7, 11) is 3.42. The van der Waals surface area contributed by atoms with Crippen LogP contribution < -0.4 is 10.2 Å². The third kappa shape index (κ3) is 3.89. The van der Waals surface area contributed by atoms with Crippen LogP contribution in [0.2, 0.25) is 0 Å². The molecule has 1 amide bonds. The van der Waals surface area contributed by atoms with Gasteiger partial charge in [0.2, 0.25) is 11.8 Å². The van der Waals surface area contributed by atoms with Gasteiger partial charge in [0, 0.05) is 32.9 Å². The van der Waals surface area contributed by atoms with Crippen molar-refractivity contribution in [3.63, 3.8) is 0 Å².